The zero-order chi connectivity index (χ0) is 10.6. The molecule has 82 valence electrons. The number of hydrogen-bond donors (Lipinski definition) is 1. The zero-order valence-corrected chi connectivity index (χ0v) is 10.1. The van der Waals surface area contributed by atoms with Crippen molar-refractivity contribution in [2.45, 2.75) is 32.3 Å². The minimum absolute atomic E-state index is 0.0641. The minimum atomic E-state index is 0.0641. The lowest BCUT2D eigenvalue weighted by Gasteiger charge is -2.39. The molecule has 0 spiro atoms. The summed E-state index contributed by atoms with van der Waals surface area (Å²) < 4.78 is 5.74. The summed E-state index contributed by atoms with van der Waals surface area (Å²) in [5, 5.41) is 3.86. The van der Waals surface area contributed by atoms with Crippen LogP contribution in [0.25, 0.3) is 0 Å². The number of hydrogen-bond acceptors (Lipinski definition) is 2. The molecule has 1 fully saturated rings. The van der Waals surface area contributed by atoms with E-state index in [0.29, 0.717) is 0 Å². The van der Waals surface area contributed by atoms with Crippen molar-refractivity contribution in [3.63, 3.8) is 0 Å². The molecule has 14 heavy (non-hydrogen) atoms. The second-order valence-corrected chi connectivity index (χ2v) is 4.31. The number of nitrogens with zero attached hydrogens (tertiary/aromatic N) is 1. The van der Waals surface area contributed by atoms with E-state index in [9.17, 15) is 0 Å². The molecule has 0 bridgehead atoms. The van der Waals surface area contributed by atoms with Gasteiger partial charge in [0.1, 0.15) is 0 Å². The van der Waals surface area contributed by atoms with Crippen LogP contribution in [-0.4, -0.2) is 42.4 Å². The maximum Gasteiger partial charge on any atom is 0.168 e. The predicted molar refractivity (Wildman–Crippen MR) is 62.5 cm³/mol. The highest BCUT2D eigenvalue weighted by atomic mass is 32.1. The van der Waals surface area contributed by atoms with Gasteiger partial charge in [-0.15, -0.1) is 0 Å². The van der Waals surface area contributed by atoms with E-state index in [0.717, 1.165) is 37.7 Å². The summed E-state index contributed by atoms with van der Waals surface area (Å²) >= 11 is 5.19. The second-order valence-electron chi connectivity index (χ2n) is 3.93. The average Bonchev–Trinajstić information content (AvgIpc) is 2.18. The molecular weight excluding hydrogens is 196 g/mol. The molecule has 1 rings (SSSR count). The van der Waals surface area contributed by atoms with Crippen LogP contribution in [0.4, 0.5) is 0 Å². The molecule has 0 aromatic rings. The zero-order valence-electron chi connectivity index (χ0n) is 9.30. The Bertz CT molecular complexity index is 200. The van der Waals surface area contributed by atoms with Gasteiger partial charge in [-0.05, 0) is 38.9 Å². The van der Waals surface area contributed by atoms with Crippen molar-refractivity contribution in [2.75, 3.05) is 26.7 Å². The number of rotatable bonds is 2. The molecule has 1 aliphatic rings. The molecule has 0 saturated carbocycles. The Morgan fingerprint density at radius 1 is 1.50 bits per heavy atom. The van der Waals surface area contributed by atoms with Crippen molar-refractivity contribution in [2.24, 2.45) is 0 Å². The SMILES string of the molecule is CCOC1(C)CCN(C(=S)NC)CC1. The molecule has 0 aromatic heterocycles. The number of piperidine rings is 1. The molecule has 1 saturated heterocycles. The van der Waals surface area contributed by atoms with E-state index >= 15 is 0 Å². The average molecular weight is 216 g/mol. The third kappa shape index (κ3) is 2.82. The van der Waals surface area contributed by atoms with Crippen LogP contribution in [-0.2, 0) is 4.74 Å². The Balaban J connectivity index is 2.41. The smallest absolute Gasteiger partial charge is 0.168 e. The lowest BCUT2D eigenvalue weighted by molar-refractivity contribution is -0.0570. The highest BCUT2D eigenvalue weighted by Gasteiger charge is 2.30. The third-order valence-electron chi connectivity index (χ3n) is 2.81. The van der Waals surface area contributed by atoms with Gasteiger partial charge in [-0.25, -0.2) is 0 Å². The first-order chi connectivity index (χ1) is 6.61. The van der Waals surface area contributed by atoms with Gasteiger partial charge in [0, 0.05) is 26.7 Å². The highest BCUT2D eigenvalue weighted by Crippen LogP contribution is 2.25. The predicted octanol–water partition coefficient (Wildman–Crippen LogP) is 1.38. The highest BCUT2D eigenvalue weighted by molar-refractivity contribution is 7.80. The van der Waals surface area contributed by atoms with Gasteiger partial charge in [0.05, 0.1) is 5.60 Å². The Morgan fingerprint density at radius 3 is 2.50 bits per heavy atom. The summed E-state index contributed by atoms with van der Waals surface area (Å²) in [6, 6.07) is 0. The van der Waals surface area contributed by atoms with Crippen LogP contribution < -0.4 is 5.32 Å². The van der Waals surface area contributed by atoms with E-state index < -0.39 is 0 Å². The van der Waals surface area contributed by atoms with Crippen LogP contribution >= 0.6 is 12.2 Å². The van der Waals surface area contributed by atoms with Gasteiger partial charge in [-0.3, -0.25) is 0 Å². The van der Waals surface area contributed by atoms with Crippen molar-refractivity contribution in [3.05, 3.63) is 0 Å². The van der Waals surface area contributed by atoms with E-state index in [-0.39, 0.29) is 5.60 Å². The van der Waals surface area contributed by atoms with Gasteiger partial charge in [0.25, 0.3) is 0 Å². The van der Waals surface area contributed by atoms with Crippen molar-refractivity contribution in [1.29, 1.82) is 0 Å². The van der Waals surface area contributed by atoms with E-state index in [1.807, 2.05) is 7.05 Å². The van der Waals surface area contributed by atoms with Crippen LogP contribution in [0.2, 0.25) is 0 Å². The minimum Gasteiger partial charge on any atom is -0.375 e. The maximum atomic E-state index is 5.74. The summed E-state index contributed by atoms with van der Waals surface area (Å²) in [6.45, 7) is 7.03. The molecule has 0 unspecified atom stereocenters. The summed E-state index contributed by atoms with van der Waals surface area (Å²) in [4.78, 5) is 2.20. The van der Waals surface area contributed by atoms with Crippen molar-refractivity contribution in [3.8, 4) is 0 Å². The standard InChI is InChI=1S/C10H20N2OS/c1-4-13-10(2)5-7-12(8-6-10)9(14)11-3/h4-8H2,1-3H3,(H,11,14). The van der Waals surface area contributed by atoms with Crippen LogP contribution in [0.1, 0.15) is 26.7 Å². The van der Waals surface area contributed by atoms with Crippen molar-refractivity contribution in [1.82, 2.24) is 10.2 Å². The van der Waals surface area contributed by atoms with Gasteiger partial charge in [-0.2, -0.15) is 0 Å². The van der Waals surface area contributed by atoms with Gasteiger partial charge >= 0.3 is 0 Å². The Hall–Kier alpha value is -0.350. The van der Waals surface area contributed by atoms with Gasteiger partial charge < -0.3 is 15.0 Å². The lowest BCUT2D eigenvalue weighted by Crippen LogP contribution is -2.48. The van der Waals surface area contributed by atoms with Gasteiger partial charge in [0.15, 0.2) is 5.11 Å². The molecule has 3 nitrogen and oxygen atoms in total. The fourth-order valence-electron chi connectivity index (χ4n) is 1.83. The van der Waals surface area contributed by atoms with Crippen LogP contribution in [0, 0.1) is 0 Å². The molecule has 1 N–H and O–H groups in total. The number of nitrogens with one attached hydrogen (secondary N) is 1. The fraction of sp³-hybridized carbons (Fsp3) is 0.900. The first-order valence-corrected chi connectivity index (χ1v) is 5.63. The number of ether oxygens (including phenoxy) is 1. The summed E-state index contributed by atoms with van der Waals surface area (Å²) in [5.74, 6) is 0. The topological polar surface area (TPSA) is 24.5 Å². The van der Waals surface area contributed by atoms with Crippen LogP contribution in [0.5, 0.6) is 0 Å². The number of thiocarbonyl (C=S) groups is 1. The molecule has 1 heterocycles. The Labute approximate surface area is 91.8 Å². The van der Waals surface area contributed by atoms with E-state index in [1.54, 1.807) is 0 Å². The van der Waals surface area contributed by atoms with Crippen LogP contribution in [0.15, 0.2) is 0 Å². The van der Waals surface area contributed by atoms with Crippen LogP contribution in [0.3, 0.4) is 0 Å². The Kier molecular flexibility index (Phi) is 4.13. The van der Waals surface area contributed by atoms with E-state index in [4.69, 9.17) is 17.0 Å². The third-order valence-corrected chi connectivity index (χ3v) is 3.28. The fourth-order valence-corrected chi connectivity index (χ4v) is 2.02. The summed E-state index contributed by atoms with van der Waals surface area (Å²) in [7, 11) is 1.87. The Morgan fingerprint density at radius 2 is 2.07 bits per heavy atom. The molecule has 0 aromatic carbocycles. The van der Waals surface area contributed by atoms with Gasteiger partial charge in [-0.1, -0.05) is 0 Å². The molecule has 0 atom stereocenters. The first kappa shape index (κ1) is 11.7. The van der Waals surface area contributed by atoms with Gasteiger partial charge in [0.2, 0.25) is 0 Å². The maximum absolute atomic E-state index is 5.74. The lowest BCUT2D eigenvalue weighted by atomic mass is 9.93. The largest absolute Gasteiger partial charge is 0.375 e. The van der Waals surface area contributed by atoms with Crippen molar-refractivity contribution >= 4 is 17.3 Å². The molecule has 0 radical (unpaired) electrons. The second kappa shape index (κ2) is 4.94. The van der Waals surface area contributed by atoms with E-state index in [1.165, 1.54) is 0 Å². The molecule has 0 amide bonds. The number of likely N-dealkylation sites (tertiary alicyclic amines) is 1. The van der Waals surface area contributed by atoms with E-state index in [2.05, 4.69) is 24.1 Å². The molecule has 1 aliphatic heterocycles. The molecular formula is C10H20N2OS. The monoisotopic (exact) mass is 216 g/mol. The summed E-state index contributed by atoms with van der Waals surface area (Å²) in [6.07, 6.45) is 2.12. The molecule has 4 heteroatoms. The summed E-state index contributed by atoms with van der Waals surface area (Å²) in [5.41, 5.74) is 0.0641. The van der Waals surface area contributed by atoms with Crippen molar-refractivity contribution < 1.29 is 4.74 Å². The quantitative estimate of drug-likeness (QED) is 0.705. The first-order valence-electron chi connectivity index (χ1n) is 5.22. The molecule has 0 aliphatic carbocycles. The normalized spacial score (nSPS) is 20.6.